The van der Waals surface area contributed by atoms with E-state index in [4.69, 9.17) is 25.8 Å². The van der Waals surface area contributed by atoms with Crippen LogP contribution in [-0.4, -0.2) is 23.0 Å². The number of H-pyrrole nitrogens is 1. The molecule has 0 aliphatic heterocycles. The van der Waals surface area contributed by atoms with Gasteiger partial charge >= 0.3 is 5.97 Å². The number of hydrogen-bond acceptors (Lipinski definition) is 6. The van der Waals surface area contributed by atoms with Gasteiger partial charge in [0.05, 0.1) is 23.6 Å². The van der Waals surface area contributed by atoms with Gasteiger partial charge in [0.15, 0.2) is 11.5 Å². The second-order valence-electron chi connectivity index (χ2n) is 7.31. The number of nitrogens with zero attached hydrogens (tertiary/aromatic N) is 1. The van der Waals surface area contributed by atoms with Crippen molar-refractivity contribution in [1.29, 1.82) is 0 Å². The monoisotopic (exact) mass is 464 g/mol. The lowest BCUT2D eigenvalue weighted by molar-refractivity contribution is 0.0462. The molecule has 7 nitrogen and oxygen atoms in total. The van der Waals surface area contributed by atoms with Crippen molar-refractivity contribution in [1.82, 2.24) is 9.97 Å². The highest BCUT2D eigenvalue weighted by Crippen LogP contribution is 2.30. The average Bonchev–Trinajstić information content (AvgIpc) is 2.82. The molecule has 0 radical (unpaired) electrons. The number of esters is 1. The predicted octanol–water partition coefficient (Wildman–Crippen LogP) is 4.83. The van der Waals surface area contributed by atoms with E-state index in [1.54, 1.807) is 30.3 Å². The smallest absolute Gasteiger partial charge is 0.338 e. The number of nitrogens with one attached hydrogen (secondary N) is 1. The van der Waals surface area contributed by atoms with Crippen LogP contribution in [0.15, 0.2) is 65.5 Å². The minimum atomic E-state index is -0.585. The van der Waals surface area contributed by atoms with E-state index in [1.807, 2.05) is 31.2 Å². The molecule has 0 aliphatic carbocycles. The van der Waals surface area contributed by atoms with E-state index in [0.29, 0.717) is 27.4 Å². The maximum Gasteiger partial charge on any atom is 0.338 e. The number of aryl methyl sites for hydroxylation is 1. The molecule has 1 aromatic heterocycles. The Balaban J connectivity index is 1.46. The molecule has 4 rings (SSSR count). The summed E-state index contributed by atoms with van der Waals surface area (Å²) in [6, 6.07) is 17.5. The number of para-hydroxylation sites is 1. The van der Waals surface area contributed by atoms with Crippen LogP contribution in [0.1, 0.15) is 27.3 Å². The third-order valence-electron chi connectivity index (χ3n) is 5.07. The van der Waals surface area contributed by atoms with Gasteiger partial charge in [-0.15, -0.1) is 0 Å². The molecule has 0 atom stereocenters. The summed E-state index contributed by atoms with van der Waals surface area (Å²) in [6.45, 7) is 1.94. The van der Waals surface area contributed by atoms with Crippen LogP contribution in [0.5, 0.6) is 11.5 Å². The van der Waals surface area contributed by atoms with E-state index in [1.165, 1.54) is 13.2 Å². The zero-order valence-corrected chi connectivity index (χ0v) is 18.8. The van der Waals surface area contributed by atoms with Crippen molar-refractivity contribution < 1.29 is 19.0 Å². The number of hydrogen-bond donors (Lipinski definition) is 1. The van der Waals surface area contributed by atoms with E-state index < -0.39 is 5.97 Å². The normalized spacial score (nSPS) is 10.8. The summed E-state index contributed by atoms with van der Waals surface area (Å²) in [6.07, 6.45) is 0. The maximum atomic E-state index is 12.6. The van der Waals surface area contributed by atoms with Crippen LogP contribution in [0, 0.1) is 6.92 Å². The first kappa shape index (κ1) is 22.4. The molecule has 0 bridgehead atoms. The summed E-state index contributed by atoms with van der Waals surface area (Å²) < 4.78 is 16.5. The lowest BCUT2D eigenvalue weighted by Gasteiger charge is -2.13. The number of methoxy groups -OCH3 is 1. The number of carbonyl (C=O) groups is 1. The van der Waals surface area contributed by atoms with Gasteiger partial charge in [0.2, 0.25) is 0 Å². The Morgan fingerprint density at radius 3 is 2.64 bits per heavy atom. The molecule has 0 amide bonds. The topological polar surface area (TPSA) is 90.5 Å². The summed E-state index contributed by atoms with van der Waals surface area (Å²) in [5.41, 5.74) is 2.27. The number of benzene rings is 3. The van der Waals surface area contributed by atoms with E-state index >= 15 is 0 Å². The lowest BCUT2D eigenvalue weighted by Crippen LogP contribution is -2.15. The van der Waals surface area contributed by atoms with Crippen molar-refractivity contribution in [3.8, 4) is 11.5 Å². The lowest BCUT2D eigenvalue weighted by atomic mass is 10.1. The number of fused-ring (bicyclic) bond motifs is 1. The SMILES string of the molecule is COc1cc(C(=O)OCc2nc3c(C)cccc3c(=O)[nH]2)ccc1OCc1ccccc1Cl. The molecule has 168 valence electrons. The fourth-order valence-electron chi connectivity index (χ4n) is 3.32. The van der Waals surface area contributed by atoms with Crippen LogP contribution in [0.25, 0.3) is 10.9 Å². The molecule has 0 spiro atoms. The van der Waals surface area contributed by atoms with Crippen LogP contribution in [0.3, 0.4) is 0 Å². The summed E-state index contributed by atoms with van der Waals surface area (Å²) in [5, 5.41) is 1.09. The minimum absolute atomic E-state index is 0.175. The van der Waals surface area contributed by atoms with Gasteiger partial charge in [0.25, 0.3) is 5.56 Å². The van der Waals surface area contributed by atoms with Crippen LogP contribution >= 0.6 is 11.6 Å². The molecule has 3 aromatic carbocycles. The number of aromatic amines is 1. The van der Waals surface area contributed by atoms with Crippen molar-refractivity contribution in [3.63, 3.8) is 0 Å². The highest BCUT2D eigenvalue weighted by atomic mass is 35.5. The number of rotatable bonds is 7. The molecule has 0 unspecified atom stereocenters. The first-order valence-corrected chi connectivity index (χ1v) is 10.5. The van der Waals surface area contributed by atoms with E-state index in [9.17, 15) is 9.59 Å². The summed E-state index contributed by atoms with van der Waals surface area (Å²) in [7, 11) is 1.48. The highest BCUT2D eigenvalue weighted by molar-refractivity contribution is 6.31. The zero-order chi connectivity index (χ0) is 23.4. The fourth-order valence-corrected chi connectivity index (χ4v) is 3.51. The van der Waals surface area contributed by atoms with Gasteiger partial charge < -0.3 is 19.2 Å². The number of carbonyl (C=O) groups excluding carboxylic acids is 1. The van der Waals surface area contributed by atoms with Crippen molar-refractivity contribution in [2.75, 3.05) is 7.11 Å². The fraction of sp³-hybridized carbons (Fsp3) is 0.160. The first-order chi connectivity index (χ1) is 16.0. The van der Waals surface area contributed by atoms with Crippen LogP contribution in [0.4, 0.5) is 0 Å². The van der Waals surface area contributed by atoms with Crippen molar-refractivity contribution >= 4 is 28.5 Å². The Morgan fingerprint density at radius 1 is 1.03 bits per heavy atom. The minimum Gasteiger partial charge on any atom is -0.493 e. The number of aromatic nitrogens is 2. The van der Waals surface area contributed by atoms with Crippen molar-refractivity contribution in [2.45, 2.75) is 20.1 Å². The Hall–Kier alpha value is -3.84. The molecule has 1 N–H and O–H groups in total. The summed E-state index contributed by atoms with van der Waals surface area (Å²) in [4.78, 5) is 32.0. The number of ether oxygens (including phenoxy) is 3. The third-order valence-corrected chi connectivity index (χ3v) is 5.44. The number of halogens is 1. The van der Waals surface area contributed by atoms with Gasteiger partial charge in [-0.05, 0) is 42.8 Å². The Bertz CT molecular complexity index is 1380. The molecular formula is C25H21ClN2O5. The highest BCUT2D eigenvalue weighted by Gasteiger charge is 2.14. The molecule has 0 saturated carbocycles. The van der Waals surface area contributed by atoms with Crippen LogP contribution < -0.4 is 15.0 Å². The third kappa shape index (κ3) is 4.99. The Kier molecular flexibility index (Phi) is 6.60. The quantitative estimate of drug-likeness (QED) is 0.394. The van der Waals surface area contributed by atoms with Gasteiger partial charge in [0, 0.05) is 10.6 Å². The second-order valence-corrected chi connectivity index (χ2v) is 7.71. The zero-order valence-electron chi connectivity index (χ0n) is 18.1. The standard InChI is InChI=1S/C25H21ClN2O5/c1-15-6-5-8-18-23(15)27-22(28-24(18)29)14-33-25(30)16-10-11-20(21(12-16)31-2)32-13-17-7-3-4-9-19(17)26/h3-12H,13-14H2,1-2H3,(H,27,28,29). The molecule has 33 heavy (non-hydrogen) atoms. The molecular weight excluding hydrogens is 444 g/mol. The van der Waals surface area contributed by atoms with Gasteiger partial charge in [-0.1, -0.05) is 41.9 Å². The molecule has 0 fully saturated rings. The van der Waals surface area contributed by atoms with Crippen molar-refractivity contribution in [2.24, 2.45) is 0 Å². The molecule has 4 aromatic rings. The predicted molar refractivity (Wildman–Crippen MR) is 125 cm³/mol. The van der Waals surface area contributed by atoms with E-state index in [0.717, 1.165) is 11.1 Å². The average molecular weight is 465 g/mol. The van der Waals surface area contributed by atoms with Crippen LogP contribution in [0.2, 0.25) is 5.02 Å². The van der Waals surface area contributed by atoms with E-state index in [-0.39, 0.29) is 30.2 Å². The molecule has 8 heteroatoms. The second kappa shape index (κ2) is 9.75. The van der Waals surface area contributed by atoms with Gasteiger partial charge in [-0.25, -0.2) is 9.78 Å². The Labute approximate surface area is 194 Å². The van der Waals surface area contributed by atoms with Crippen LogP contribution in [-0.2, 0) is 18.0 Å². The first-order valence-electron chi connectivity index (χ1n) is 10.2. The van der Waals surface area contributed by atoms with Crippen molar-refractivity contribution in [3.05, 3.63) is 98.6 Å². The molecule has 1 heterocycles. The largest absolute Gasteiger partial charge is 0.493 e. The van der Waals surface area contributed by atoms with E-state index in [2.05, 4.69) is 9.97 Å². The molecule has 0 aliphatic rings. The van der Waals surface area contributed by atoms with Gasteiger partial charge in [-0.2, -0.15) is 0 Å². The maximum absolute atomic E-state index is 12.6. The Morgan fingerprint density at radius 2 is 1.85 bits per heavy atom. The van der Waals surface area contributed by atoms with Gasteiger partial charge in [0.1, 0.15) is 19.0 Å². The summed E-state index contributed by atoms with van der Waals surface area (Å²) >= 11 is 6.17. The molecule has 0 saturated heterocycles. The van der Waals surface area contributed by atoms with Gasteiger partial charge in [-0.3, -0.25) is 4.79 Å². The summed E-state index contributed by atoms with van der Waals surface area (Å²) in [5.74, 6) is 0.523.